The quantitative estimate of drug-likeness (QED) is 0.613. The van der Waals surface area contributed by atoms with Crippen molar-refractivity contribution >= 4 is 17.3 Å². The summed E-state index contributed by atoms with van der Waals surface area (Å²) in [5, 5.41) is 0. The molecule has 0 spiro atoms. The molecule has 0 aromatic carbocycles. The Kier molecular flexibility index (Phi) is 4.42. The maximum atomic E-state index is 12.3. The highest BCUT2D eigenvalue weighted by Gasteiger charge is 2.49. The van der Waals surface area contributed by atoms with Gasteiger partial charge in [0.2, 0.25) is 0 Å². The molecule has 3 rings (SSSR count). The Hall–Kier alpha value is -1.84. The molecular formula is C16H19NO3. The summed E-state index contributed by atoms with van der Waals surface area (Å²) < 4.78 is 0. The number of hydrogen-bond acceptors (Lipinski definition) is 4. The molecule has 0 radical (unpaired) electrons. The molecule has 1 heterocycles. The Balaban J connectivity index is 0.000000704. The smallest absolute Gasteiger partial charge is 0.182 e. The van der Waals surface area contributed by atoms with Crippen molar-refractivity contribution in [2.45, 2.75) is 33.1 Å². The molecule has 0 saturated heterocycles. The number of nitrogens with zero attached hydrogens (tertiary/aromatic N) is 1. The summed E-state index contributed by atoms with van der Waals surface area (Å²) in [6.45, 7) is 4.00. The molecule has 2 aliphatic carbocycles. The summed E-state index contributed by atoms with van der Waals surface area (Å²) in [6.07, 6.45) is 5.14. The Labute approximate surface area is 118 Å². The highest BCUT2D eigenvalue weighted by molar-refractivity contribution is 6.26. The van der Waals surface area contributed by atoms with Gasteiger partial charge in [-0.25, -0.2) is 0 Å². The number of rotatable bonds is 2. The van der Waals surface area contributed by atoms with E-state index < -0.39 is 5.92 Å². The van der Waals surface area contributed by atoms with Gasteiger partial charge in [-0.1, -0.05) is 13.8 Å². The summed E-state index contributed by atoms with van der Waals surface area (Å²) in [4.78, 5) is 40.4. The number of fused-ring (bicyclic) bond motifs is 2. The molecule has 2 atom stereocenters. The van der Waals surface area contributed by atoms with Crippen molar-refractivity contribution in [2.75, 3.05) is 0 Å². The molecule has 106 valence electrons. The molecule has 1 aromatic rings. The first-order valence-electron chi connectivity index (χ1n) is 7.20. The standard InChI is InChI=1S/C14H13NO3.C2H6/c16-12-8-3-4-9(6-8)13(17)11(12)14(18)10-2-1-5-15-7-10;1-2/h1-2,5,7-9,11H,3-4,6H2;1-2H3. The highest BCUT2D eigenvalue weighted by atomic mass is 16.2. The third-order valence-electron chi connectivity index (χ3n) is 4.01. The van der Waals surface area contributed by atoms with Crippen molar-refractivity contribution < 1.29 is 14.4 Å². The summed E-state index contributed by atoms with van der Waals surface area (Å²) in [7, 11) is 0. The summed E-state index contributed by atoms with van der Waals surface area (Å²) in [6, 6.07) is 3.24. The van der Waals surface area contributed by atoms with Gasteiger partial charge in [-0.2, -0.15) is 0 Å². The largest absolute Gasteiger partial charge is 0.298 e. The maximum absolute atomic E-state index is 12.3. The van der Waals surface area contributed by atoms with Crippen LogP contribution in [-0.4, -0.2) is 22.3 Å². The number of aromatic nitrogens is 1. The average Bonchev–Trinajstić information content (AvgIpc) is 2.95. The van der Waals surface area contributed by atoms with Gasteiger partial charge in [-0.05, 0) is 31.4 Å². The van der Waals surface area contributed by atoms with Crippen molar-refractivity contribution in [3.8, 4) is 0 Å². The van der Waals surface area contributed by atoms with Crippen LogP contribution in [0.3, 0.4) is 0 Å². The van der Waals surface area contributed by atoms with E-state index in [0.29, 0.717) is 12.0 Å². The van der Waals surface area contributed by atoms with Crippen LogP contribution in [0.25, 0.3) is 0 Å². The molecule has 2 unspecified atom stereocenters. The van der Waals surface area contributed by atoms with E-state index in [1.165, 1.54) is 6.20 Å². The zero-order chi connectivity index (χ0) is 14.7. The van der Waals surface area contributed by atoms with E-state index in [0.717, 1.165) is 12.8 Å². The van der Waals surface area contributed by atoms with Gasteiger partial charge in [0.15, 0.2) is 17.3 Å². The first-order valence-corrected chi connectivity index (χ1v) is 7.20. The van der Waals surface area contributed by atoms with Gasteiger partial charge in [0.1, 0.15) is 5.92 Å². The number of pyridine rings is 1. The maximum Gasteiger partial charge on any atom is 0.182 e. The first kappa shape index (κ1) is 14.6. The zero-order valence-electron chi connectivity index (χ0n) is 11.8. The number of ketones is 3. The Morgan fingerprint density at radius 2 is 1.75 bits per heavy atom. The average molecular weight is 273 g/mol. The van der Waals surface area contributed by atoms with Crippen molar-refractivity contribution in [2.24, 2.45) is 17.8 Å². The SMILES string of the molecule is CC.O=C(c1cccnc1)C1C(=O)C2CCC(C2)C1=O. The van der Waals surface area contributed by atoms with Gasteiger partial charge in [0, 0.05) is 29.8 Å². The number of hydrogen-bond donors (Lipinski definition) is 0. The predicted molar refractivity (Wildman–Crippen MR) is 74.3 cm³/mol. The molecule has 0 amide bonds. The topological polar surface area (TPSA) is 64.1 Å². The Bertz CT molecular complexity index is 502. The molecule has 2 bridgehead atoms. The lowest BCUT2D eigenvalue weighted by Gasteiger charge is -2.24. The third-order valence-corrected chi connectivity index (χ3v) is 4.01. The fraction of sp³-hybridized carbons (Fsp3) is 0.500. The Morgan fingerprint density at radius 3 is 2.25 bits per heavy atom. The molecule has 20 heavy (non-hydrogen) atoms. The van der Waals surface area contributed by atoms with Crippen LogP contribution >= 0.6 is 0 Å². The van der Waals surface area contributed by atoms with Crippen molar-refractivity contribution in [1.29, 1.82) is 0 Å². The molecule has 2 aliphatic rings. The van der Waals surface area contributed by atoms with Crippen LogP contribution in [0.4, 0.5) is 0 Å². The van der Waals surface area contributed by atoms with E-state index in [1.807, 2.05) is 13.8 Å². The van der Waals surface area contributed by atoms with Crippen LogP contribution in [0.5, 0.6) is 0 Å². The van der Waals surface area contributed by atoms with Gasteiger partial charge >= 0.3 is 0 Å². The molecule has 4 heteroatoms. The molecule has 2 saturated carbocycles. The molecule has 2 fully saturated rings. The van der Waals surface area contributed by atoms with E-state index in [2.05, 4.69) is 4.98 Å². The van der Waals surface area contributed by atoms with E-state index >= 15 is 0 Å². The highest BCUT2D eigenvalue weighted by Crippen LogP contribution is 2.41. The minimum Gasteiger partial charge on any atom is -0.298 e. The van der Waals surface area contributed by atoms with Crippen LogP contribution < -0.4 is 0 Å². The van der Waals surface area contributed by atoms with Crippen molar-refractivity contribution in [3.05, 3.63) is 30.1 Å². The monoisotopic (exact) mass is 273 g/mol. The van der Waals surface area contributed by atoms with Crippen molar-refractivity contribution in [1.82, 2.24) is 4.98 Å². The summed E-state index contributed by atoms with van der Waals surface area (Å²) in [5.74, 6) is -1.98. The summed E-state index contributed by atoms with van der Waals surface area (Å²) >= 11 is 0. The van der Waals surface area contributed by atoms with Crippen LogP contribution in [0, 0.1) is 17.8 Å². The number of Topliss-reactive ketones (excluding diaryl/α,β-unsaturated/α-hetero) is 3. The van der Waals surface area contributed by atoms with Crippen LogP contribution in [0.2, 0.25) is 0 Å². The molecule has 0 N–H and O–H groups in total. The summed E-state index contributed by atoms with van der Waals surface area (Å²) in [5.41, 5.74) is 0.352. The fourth-order valence-corrected chi connectivity index (χ4v) is 3.04. The van der Waals surface area contributed by atoms with Gasteiger partial charge < -0.3 is 0 Å². The van der Waals surface area contributed by atoms with Crippen molar-refractivity contribution in [3.63, 3.8) is 0 Å². The fourth-order valence-electron chi connectivity index (χ4n) is 3.04. The molecule has 0 aliphatic heterocycles. The van der Waals surface area contributed by atoms with E-state index in [1.54, 1.807) is 18.3 Å². The van der Waals surface area contributed by atoms with Gasteiger partial charge in [-0.15, -0.1) is 0 Å². The lowest BCUT2D eigenvalue weighted by atomic mass is 9.75. The second-order valence-corrected chi connectivity index (χ2v) is 5.05. The van der Waals surface area contributed by atoms with Gasteiger partial charge in [0.05, 0.1) is 0 Å². The minimum atomic E-state index is -1.07. The predicted octanol–water partition coefficient (Wildman–Crippen LogP) is 2.47. The zero-order valence-corrected chi connectivity index (χ0v) is 11.8. The van der Waals surface area contributed by atoms with E-state index in [4.69, 9.17) is 0 Å². The number of carbonyl (C=O) groups excluding carboxylic acids is 3. The van der Waals surface area contributed by atoms with Gasteiger partial charge in [0.25, 0.3) is 0 Å². The second kappa shape index (κ2) is 6.07. The lowest BCUT2D eigenvalue weighted by molar-refractivity contribution is -0.137. The lowest BCUT2D eigenvalue weighted by Crippen LogP contribution is -2.41. The normalized spacial score (nSPS) is 27.8. The van der Waals surface area contributed by atoms with E-state index in [9.17, 15) is 14.4 Å². The third kappa shape index (κ3) is 2.42. The second-order valence-electron chi connectivity index (χ2n) is 5.05. The van der Waals surface area contributed by atoms with Crippen LogP contribution in [0.15, 0.2) is 24.5 Å². The van der Waals surface area contributed by atoms with Crippen LogP contribution in [0.1, 0.15) is 43.5 Å². The molecule has 4 nitrogen and oxygen atoms in total. The Morgan fingerprint density at radius 1 is 1.15 bits per heavy atom. The molecular weight excluding hydrogens is 254 g/mol. The van der Waals surface area contributed by atoms with Gasteiger partial charge in [-0.3, -0.25) is 19.4 Å². The minimum absolute atomic E-state index is 0.0849. The van der Waals surface area contributed by atoms with E-state index in [-0.39, 0.29) is 29.2 Å². The first-order chi connectivity index (χ1) is 9.68. The van der Waals surface area contributed by atoms with Crippen LogP contribution in [-0.2, 0) is 9.59 Å². The number of carbonyl (C=O) groups is 3. The molecule has 1 aromatic heterocycles.